The second-order valence-corrected chi connectivity index (χ2v) is 16.6. The number of pyridine rings is 2. The largest absolute Gasteiger partial charge is 0.444 e. The minimum absolute atomic E-state index is 0.334. The molecule has 56 heavy (non-hydrogen) atoms. The van der Waals surface area contributed by atoms with Crippen molar-refractivity contribution in [1.29, 1.82) is 0 Å². The number of aromatic amines is 2. The van der Waals surface area contributed by atoms with Crippen molar-refractivity contribution < 1.29 is 27.8 Å². The Morgan fingerprint density at radius 2 is 1.14 bits per heavy atom. The topological polar surface area (TPSA) is 116 Å². The number of amides is 2. The van der Waals surface area contributed by atoms with Gasteiger partial charge >= 0.3 is 12.2 Å². The maximum atomic E-state index is 14.0. The second kappa shape index (κ2) is 14.9. The summed E-state index contributed by atoms with van der Waals surface area (Å²) in [5, 5.41) is 0.408. The van der Waals surface area contributed by atoms with Crippen LogP contribution >= 0.6 is 11.6 Å². The lowest BCUT2D eigenvalue weighted by atomic mass is 9.93. The number of ether oxygens (including phenoxy) is 2. The SMILES string of the molecule is CC(C)(C)OC(=O)N1CCc2c([nH]c3ccc(Cl)nc23)C1c1cccc(F)c1.Cc1ccc2[nH]c3c(c2n1)CCN(C(=O)OC(C)(C)C)C3c1cccc(F)c1. The Balaban J connectivity index is 0.000000172. The Morgan fingerprint density at radius 3 is 1.59 bits per heavy atom. The third-order valence-electron chi connectivity index (χ3n) is 9.62. The molecule has 6 heterocycles. The predicted molar refractivity (Wildman–Crippen MR) is 212 cm³/mol. The fraction of sp³-hybridized carbons (Fsp3) is 0.349. The lowest BCUT2D eigenvalue weighted by molar-refractivity contribution is 0.0165. The molecule has 0 saturated heterocycles. The molecule has 4 aromatic heterocycles. The van der Waals surface area contributed by atoms with E-state index in [2.05, 4.69) is 19.9 Å². The van der Waals surface area contributed by atoms with Gasteiger partial charge in [0.25, 0.3) is 0 Å². The van der Waals surface area contributed by atoms with Crippen LogP contribution in [0.1, 0.15) is 93.0 Å². The minimum Gasteiger partial charge on any atom is -0.444 e. The predicted octanol–water partition coefficient (Wildman–Crippen LogP) is 10.1. The molecular weight excluding hydrogens is 738 g/mol. The summed E-state index contributed by atoms with van der Waals surface area (Å²) < 4.78 is 39.2. The molecule has 2 unspecified atom stereocenters. The number of carbonyl (C=O) groups is 2. The van der Waals surface area contributed by atoms with Crippen molar-refractivity contribution >= 4 is 45.9 Å². The molecule has 0 saturated carbocycles. The van der Waals surface area contributed by atoms with Gasteiger partial charge < -0.3 is 19.4 Å². The van der Waals surface area contributed by atoms with E-state index in [1.54, 1.807) is 28.0 Å². The van der Waals surface area contributed by atoms with Crippen LogP contribution < -0.4 is 0 Å². The molecule has 0 aliphatic carbocycles. The Hall–Kier alpha value is -5.49. The van der Waals surface area contributed by atoms with Gasteiger partial charge in [-0.3, -0.25) is 14.8 Å². The number of H-pyrrole nitrogens is 2. The average Bonchev–Trinajstić information content (AvgIpc) is 3.67. The van der Waals surface area contributed by atoms with Gasteiger partial charge in [-0.25, -0.2) is 23.4 Å². The van der Waals surface area contributed by atoms with Crippen LogP contribution in [-0.2, 0) is 22.3 Å². The molecule has 6 aromatic rings. The van der Waals surface area contributed by atoms with E-state index < -0.39 is 35.5 Å². The van der Waals surface area contributed by atoms with Gasteiger partial charge in [-0.15, -0.1) is 0 Å². The molecular formula is C43H45ClF2N6O4. The highest BCUT2D eigenvalue weighted by atomic mass is 35.5. The van der Waals surface area contributed by atoms with Gasteiger partial charge in [-0.1, -0.05) is 35.9 Å². The molecule has 0 bridgehead atoms. The van der Waals surface area contributed by atoms with Crippen LogP contribution in [0, 0.1) is 18.6 Å². The molecule has 2 amide bonds. The van der Waals surface area contributed by atoms with Crippen LogP contribution in [0.15, 0.2) is 72.8 Å². The highest BCUT2D eigenvalue weighted by Crippen LogP contribution is 2.40. The van der Waals surface area contributed by atoms with Crippen LogP contribution in [0.25, 0.3) is 22.1 Å². The molecule has 292 valence electrons. The Labute approximate surface area is 329 Å². The monoisotopic (exact) mass is 782 g/mol. The van der Waals surface area contributed by atoms with Crippen molar-refractivity contribution in [3.05, 3.63) is 129 Å². The number of fused-ring (bicyclic) bond motifs is 6. The number of aromatic nitrogens is 4. The zero-order chi connectivity index (χ0) is 40.1. The molecule has 2 N–H and O–H groups in total. The van der Waals surface area contributed by atoms with Gasteiger partial charge in [0.15, 0.2) is 0 Å². The van der Waals surface area contributed by atoms with Gasteiger partial charge in [0.1, 0.15) is 40.1 Å². The smallest absolute Gasteiger partial charge is 0.411 e. The molecule has 2 aliphatic rings. The van der Waals surface area contributed by atoms with Crippen molar-refractivity contribution in [3.63, 3.8) is 0 Å². The molecule has 10 nitrogen and oxygen atoms in total. The number of benzene rings is 2. The quantitative estimate of drug-likeness (QED) is 0.169. The minimum atomic E-state index is -0.626. The summed E-state index contributed by atoms with van der Waals surface area (Å²) in [7, 11) is 0. The van der Waals surface area contributed by atoms with Crippen LogP contribution in [-0.4, -0.2) is 66.2 Å². The normalized spacial score (nSPS) is 16.9. The molecule has 2 aromatic carbocycles. The third-order valence-corrected chi connectivity index (χ3v) is 9.83. The van der Waals surface area contributed by atoms with Crippen LogP contribution in [0.3, 0.4) is 0 Å². The maximum Gasteiger partial charge on any atom is 0.411 e. The van der Waals surface area contributed by atoms with E-state index in [0.29, 0.717) is 42.2 Å². The van der Waals surface area contributed by atoms with Gasteiger partial charge in [-0.2, -0.15) is 0 Å². The fourth-order valence-corrected chi connectivity index (χ4v) is 7.59. The first-order valence-corrected chi connectivity index (χ1v) is 19.0. The van der Waals surface area contributed by atoms with Gasteiger partial charge in [0.05, 0.1) is 22.1 Å². The number of nitrogens with one attached hydrogen (secondary N) is 2. The Kier molecular flexibility index (Phi) is 10.3. The van der Waals surface area contributed by atoms with Crippen molar-refractivity contribution in [3.8, 4) is 0 Å². The molecule has 2 atom stereocenters. The van der Waals surface area contributed by atoms with E-state index in [-0.39, 0.29) is 11.6 Å². The number of carbonyl (C=O) groups excluding carboxylic acids is 2. The summed E-state index contributed by atoms with van der Waals surface area (Å²) in [6.45, 7) is 13.9. The van der Waals surface area contributed by atoms with E-state index in [0.717, 1.165) is 50.3 Å². The maximum absolute atomic E-state index is 14.0. The molecule has 8 rings (SSSR count). The van der Waals surface area contributed by atoms with Crippen molar-refractivity contribution in [2.75, 3.05) is 13.1 Å². The van der Waals surface area contributed by atoms with Crippen molar-refractivity contribution in [1.82, 2.24) is 29.7 Å². The second-order valence-electron chi connectivity index (χ2n) is 16.2. The average molecular weight is 783 g/mol. The lowest BCUT2D eigenvalue weighted by Crippen LogP contribution is -2.43. The molecule has 13 heteroatoms. The number of hydrogen-bond donors (Lipinski definition) is 2. The molecule has 2 aliphatic heterocycles. The van der Waals surface area contributed by atoms with Gasteiger partial charge in [0, 0.05) is 41.3 Å². The first kappa shape index (κ1) is 38.8. The number of aryl methyl sites for hydroxylation is 1. The zero-order valence-corrected chi connectivity index (χ0v) is 33.2. The van der Waals surface area contributed by atoms with Crippen LogP contribution in [0.2, 0.25) is 5.15 Å². The number of rotatable bonds is 2. The summed E-state index contributed by atoms with van der Waals surface area (Å²) >= 11 is 6.08. The summed E-state index contributed by atoms with van der Waals surface area (Å²) in [6, 6.07) is 19.2. The van der Waals surface area contributed by atoms with Crippen molar-refractivity contribution in [2.45, 2.75) is 84.6 Å². The summed E-state index contributed by atoms with van der Waals surface area (Å²) in [5.41, 5.74) is 8.29. The first-order valence-electron chi connectivity index (χ1n) is 18.6. The standard InChI is InChI=1S/C22H24FN3O2.C21H21ClFN3O2/c1-13-8-9-17-18(24-13)16-10-11-26(21(27)28-22(2,3)4)20(19(16)25-17)14-6-5-7-15(23)12-14;1-21(2,3)28-20(27)26-10-9-14-17-15(7-8-16(22)25-17)24-18(14)19(26)12-5-4-6-13(23)11-12/h5-9,12,20,25H,10-11H2,1-4H3;4-8,11,19,24H,9-10H2,1-3H3. The number of nitrogens with zero attached hydrogens (tertiary/aromatic N) is 4. The molecule has 0 spiro atoms. The Bertz CT molecular complexity index is 2280. The Morgan fingerprint density at radius 1 is 0.696 bits per heavy atom. The van der Waals surface area contributed by atoms with Crippen LogP contribution in [0.5, 0.6) is 0 Å². The first-order chi connectivity index (χ1) is 26.5. The summed E-state index contributed by atoms with van der Waals surface area (Å²) in [4.78, 5) is 45.1. The third kappa shape index (κ3) is 8.07. The van der Waals surface area contributed by atoms with Crippen LogP contribution in [0.4, 0.5) is 18.4 Å². The van der Waals surface area contributed by atoms with Gasteiger partial charge in [-0.05, 0) is 121 Å². The number of hydrogen-bond acceptors (Lipinski definition) is 6. The lowest BCUT2D eigenvalue weighted by Gasteiger charge is -2.37. The highest BCUT2D eigenvalue weighted by Gasteiger charge is 2.39. The summed E-state index contributed by atoms with van der Waals surface area (Å²) in [5.74, 6) is -0.690. The fourth-order valence-electron chi connectivity index (χ4n) is 7.44. The van der Waals surface area contributed by atoms with E-state index >= 15 is 0 Å². The van der Waals surface area contributed by atoms with E-state index in [4.69, 9.17) is 21.1 Å². The molecule has 0 radical (unpaired) electrons. The van der Waals surface area contributed by atoms with Crippen molar-refractivity contribution in [2.24, 2.45) is 0 Å². The van der Waals surface area contributed by atoms with Gasteiger partial charge in [0.2, 0.25) is 0 Å². The van der Waals surface area contributed by atoms with E-state index in [9.17, 15) is 18.4 Å². The zero-order valence-electron chi connectivity index (χ0n) is 32.5. The van der Waals surface area contributed by atoms with E-state index in [1.165, 1.54) is 24.3 Å². The highest BCUT2D eigenvalue weighted by molar-refractivity contribution is 6.29. The van der Waals surface area contributed by atoms with E-state index in [1.807, 2.05) is 78.8 Å². The molecule has 0 fully saturated rings. The number of halogens is 3. The summed E-state index contributed by atoms with van der Waals surface area (Å²) in [6.07, 6.45) is 0.428.